The molecule has 0 radical (unpaired) electrons. The lowest BCUT2D eigenvalue weighted by molar-refractivity contribution is -0.0497. The molecule has 0 saturated heterocycles. The number of ether oxygens (including phenoxy) is 1. The number of nitrogens with one attached hydrogen (secondary N) is 2. The van der Waals surface area contributed by atoms with Crippen LogP contribution in [0.4, 0.5) is 14.5 Å². The van der Waals surface area contributed by atoms with E-state index in [4.69, 9.17) is 11.6 Å². The maximum atomic E-state index is 12.2. The SMILES string of the molecule is CNS(=O)(=O)c1ccc(C(=O)Nc2ccc(OC(F)F)c(Cl)c2)cc1. The number of amides is 1. The Morgan fingerprint density at radius 1 is 1.16 bits per heavy atom. The molecule has 0 unspecified atom stereocenters. The van der Waals surface area contributed by atoms with Gasteiger partial charge in [0, 0.05) is 11.3 Å². The van der Waals surface area contributed by atoms with Crippen LogP contribution in [0, 0.1) is 0 Å². The van der Waals surface area contributed by atoms with Gasteiger partial charge in [-0.1, -0.05) is 11.6 Å². The molecule has 2 rings (SSSR count). The third kappa shape index (κ3) is 4.88. The molecule has 2 N–H and O–H groups in total. The molecule has 0 saturated carbocycles. The minimum absolute atomic E-state index is 0.0168. The van der Waals surface area contributed by atoms with Crippen molar-refractivity contribution in [3.63, 3.8) is 0 Å². The normalized spacial score (nSPS) is 11.4. The molecule has 0 aliphatic rings. The van der Waals surface area contributed by atoms with Gasteiger partial charge in [0.15, 0.2) is 0 Å². The predicted octanol–water partition coefficient (Wildman–Crippen LogP) is 3.10. The summed E-state index contributed by atoms with van der Waals surface area (Å²) in [5.74, 6) is -0.733. The molecule has 0 fully saturated rings. The molecule has 0 aliphatic carbocycles. The van der Waals surface area contributed by atoms with Gasteiger partial charge in [0.2, 0.25) is 10.0 Å². The van der Waals surface area contributed by atoms with E-state index in [-0.39, 0.29) is 26.9 Å². The van der Waals surface area contributed by atoms with Gasteiger partial charge in [0.25, 0.3) is 5.91 Å². The Morgan fingerprint density at radius 3 is 2.32 bits per heavy atom. The van der Waals surface area contributed by atoms with Crippen molar-refractivity contribution in [1.82, 2.24) is 4.72 Å². The maximum Gasteiger partial charge on any atom is 0.387 e. The van der Waals surface area contributed by atoms with Gasteiger partial charge in [0.1, 0.15) is 5.75 Å². The van der Waals surface area contributed by atoms with E-state index >= 15 is 0 Å². The number of carbonyl (C=O) groups excluding carboxylic acids is 1. The summed E-state index contributed by atoms with van der Waals surface area (Å²) >= 11 is 5.81. The lowest BCUT2D eigenvalue weighted by atomic mass is 10.2. The summed E-state index contributed by atoms with van der Waals surface area (Å²) < 4.78 is 54.0. The molecule has 25 heavy (non-hydrogen) atoms. The lowest BCUT2D eigenvalue weighted by Gasteiger charge is -2.10. The number of halogens is 3. The van der Waals surface area contributed by atoms with Gasteiger partial charge < -0.3 is 10.1 Å². The molecule has 0 aliphatic heterocycles. The smallest absolute Gasteiger partial charge is 0.387 e. The Morgan fingerprint density at radius 2 is 1.80 bits per heavy atom. The molecule has 2 aromatic rings. The van der Waals surface area contributed by atoms with E-state index < -0.39 is 22.5 Å². The van der Waals surface area contributed by atoms with Crippen molar-refractivity contribution < 1.29 is 26.7 Å². The summed E-state index contributed by atoms with van der Waals surface area (Å²) in [5.41, 5.74) is 0.475. The molecule has 134 valence electrons. The Kier molecular flexibility index (Phi) is 5.93. The molecule has 0 bridgehead atoms. The van der Waals surface area contributed by atoms with Crippen LogP contribution in [0.15, 0.2) is 47.4 Å². The minimum atomic E-state index is -3.59. The number of rotatable bonds is 6. The van der Waals surface area contributed by atoms with Crippen molar-refractivity contribution in [3.8, 4) is 5.75 Å². The molecule has 2 aromatic carbocycles. The van der Waals surface area contributed by atoms with Crippen LogP contribution in [0.5, 0.6) is 5.75 Å². The fourth-order valence-electron chi connectivity index (χ4n) is 1.88. The molecule has 0 heterocycles. The quantitative estimate of drug-likeness (QED) is 0.793. The van der Waals surface area contributed by atoms with Crippen LogP contribution >= 0.6 is 11.6 Å². The maximum absolute atomic E-state index is 12.2. The summed E-state index contributed by atoms with van der Waals surface area (Å²) in [5, 5.41) is 2.43. The Labute approximate surface area is 147 Å². The van der Waals surface area contributed by atoms with Crippen molar-refractivity contribution in [2.75, 3.05) is 12.4 Å². The van der Waals surface area contributed by atoms with Gasteiger partial charge in [-0.3, -0.25) is 4.79 Å². The summed E-state index contributed by atoms with van der Waals surface area (Å²) in [4.78, 5) is 12.2. The predicted molar refractivity (Wildman–Crippen MR) is 88.7 cm³/mol. The van der Waals surface area contributed by atoms with Crippen LogP contribution in [0.3, 0.4) is 0 Å². The highest BCUT2D eigenvalue weighted by Crippen LogP contribution is 2.29. The van der Waals surface area contributed by atoms with Gasteiger partial charge in [-0.2, -0.15) is 8.78 Å². The average Bonchev–Trinajstić information content (AvgIpc) is 2.57. The van der Waals surface area contributed by atoms with E-state index in [1.807, 2.05) is 0 Å². The number of hydrogen-bond acceptors (Lipinski definition) is 4. The largest absolute Gasteiger partial charge is 0.433 e. The first-order chi connectivity index (χ1) is 11.7. The average molecular weight is 391 g/mol. The number of hydrogen-bond donors (Lipinski definition) is 2. The number of anilines is 1. The zero-order valence-electron chi connectivity index (χ0n) is 12.8. The molecule has 0 spiro atoms. The van der Waals surface area contributed by atoms with Crippen LogP contribution in [-0.4, -0.2) is 28.0 Å². The number of sulfonamides is 1. The molecule has 6 nitrogen and oxygen atoms in total. The molecular formula is C15H13ClF2N2O4S. The third-order valence-corrected chi connectivity index (χ3v) is 4.83. The highest BCUT2D eigenvalue weighted by molar-refractivity contribution is 7.89. The van der Waals surface area contributed by atoms with Crippen LogP contribution in [0.2, 0.25) is 5.02 Å². The summed E-state index contributed by atoms with van der Waals surface area (Å²) in [6.45, 7) is -3.01. The van der Waals surface area contributed by atoms with E-state index in [1.54, 1.807) is 0 Å². The number of carbonyl (C=O) groups is 1. The molecule has 0 atom stereocenters. The summed E-state index contributed by atoms with van der Waals surface area (Å²) in [6, 6.07) is 9.07. The molecule has 10 heteroatoms. The first-order valence-corrected chi connectivity index (χ1v) is 8.68. The van der Waals surface area contributed by atoms with Crippen LogP contribution in [-0.2, 0) is 10.0 Å². The van der Waals surface area contributed by atoms with Crippen molar-refractivity contribution >= 4 is 33.2 Å². The highest BCUT2D eigenvalue weighted by atomic mass is 35.5. The summed E-state index contributed by atoms with van der Waals surface area (Å²) in [7, 11) is -2.32. The fourth-order valence-corrected chi connectivity index (χ4v) is 2.83. The van der Waals surface area contributed by atoms with E-state index in [0.29, 0.717) is 0 Å². The number of alkyl halides is 2. The van der Waals surface area contributed by atoms with Crippen molar-refractivity contribution in [3.05, 3.63) is 53.1 Å². The zero-order chi connectivity index (χ0) is 18.6. The van der Waals surface area contributed by atoms with Crippen LogP contribution in [0.25, 0.3) is 0 Å². The van der Waals surface area contributed by atoms with Crippen molar-refractivity contribution in [2.45, 2.75) is 11.5 Å². The second kappa shape index (κ2) is 7.77. The van der Waals surface area contributed by atoms with Crippen molar-refractivity contribution in [1.29, 1.82) is 0 Å². The van der Waals surface area contributed by atoms with Crippen molar-refractivity contribution in [2.24, 2.45) is 0 Å². The Bertz CT molecular complexity index is 874. The van der Waals surface area contributed by atoms with E-state index in [9.17, 15) is 22.0 Å². The minimum Gasteiger partial charge on any atom is -0.433 e. The lowest BCUT2D eigenvalue weighted by Crippen LogP contribution is -2.19. The Balaban J connectivity index is 2.13. The highest BCUT2D eigenvalue weighted by Gasteiger charge is 2.14. The second-order valence-corrected chi connectivity index (χ2v) is 7.00. The van der Waals surface area contributed by atoms with Crippen LogP contribution < -0.4 is 14.8 Å². The van der Waals surface area contributed by atoms with Gasteiger partial charge in [0.05, 0.1) is 9.92 Å². The third-order valence-electron chi connectivity index (χ3n) is 3.10. The monoisotopic (exact) mass is 390 g/mol. The zero-order valence-corrected chi connectivity index (χ0v) is 14.4. The van der Waals surface area contributed by atoms with E-state index in [0.717, 1.165) is 0 Å². The van der Waals surface area contributed by atoms with E-state index in [1.165, 1.54) is 49.5 Å². The Hall–Kier alpha value is -2.23. The molecule has 0 aromatic heterocycles. The first kappa shape index (κ1) is 19.1. The topological polar surface area (TPSA) is 84.5 Å². The second-order valence-electron chi connectivity index (χ2n) is 4.71. The van der Waals surface area contributed by atoms with E-state index in [2.05, 4.69) is 14.8 Å². The van der Waals surface area contributed by atoms with Gasteiger partial charge in [-0.05, 0) is 49.5 Å². The van der Waals surface area contributed by atoms with Crippen LogP contribution in [0.1, 0.15) is 10.4 Å². The number of benzene rings is 2. The molecule has 1 amide bonds. The van der Waals surface area contributed by atoms with Gasteiger partial charge in [-0.15, -0.1) is 0 Å². The molecular weight excluding hydrogens is 378 g/mol. The first-order valence-electron chi connectivity index (χ1n) is 6.82. The fraction of sp³-hybridized carbons (Fsp3) is 0.133. The van der Waals surface area contributed by atoms with Gasteiger partial charge >= 0.3 is 6.61 Å². The van der Waals surface area contributed by atoms with Gasteiger partial charge in [-0.25, -0.2) is 13.1 Å². The summed E-state index contributed by atoms with van der Waals surface area (Å²) in [6.07, 6.45) is 0. The standard InChI is InChI=1S/C15H13ClF2N2O4S/c1-19-25(22,23)11-5-2-9(3-6-11)14(21)20-10-4-7-13(12(16)8-10)24-15(17)18/h2-8,15,19H,1H3,(H,20,21).